The fourth-order valence-electron chi connectivity index (χ4n) is 1.83. The van der Waals surface area contributed by atoms with Crippen molar-refractivity contribution in [3.63, 3.8) is 0 Å². The van der Waals surface area contributed by atoms with Crippen molar-refractivity contribution in [3.8, 4) is 0 Å². The maximum atomic E-state index is 13.0. The third-order valence-electron chi connectivity index (χ3n) is 2.92. The molecule has 0 heterocycles. The molecule has 2 nitrogen and oxygen atoms in total. The van der Waals surface area contributed by atoms with Crippen LogP contribution in [0.3, 0.4) is 0 Å². The van der Waals surface area contributed by atoms with Gasteiger partial charge in [0, 0.05) is 5.46 Å². The first-order valence-corrected chi connectivity index (χ1v) is 5.84. The van der Waals surface area contributed by atoms with Crippen LogP contribution < -0.4 is 5.46 Å². The molecule has 118 valence electrons. The number of hydrogen-bond acceptors (Lipinski definition) is 2. The molecular formula is C12H13BF6O2. The van der Waals surface area contributed by atoms with Crippen molar-refractivity contribution in [2.24, 2.45) is 0 Å². The van der Waals surface area contributed by atoms with Crippen LogP contribution in [0.15, 0.2) is 12.1 Å². The van der Waals surface area contributed by atoms with Gasteiger partial charge in [0.25, 0.3) is 0 Å². The lowest BCUT2D eigenvalue weighted by molar-refractivity contribution is -0.141. The van der Waals surface area contributed by atoms with Crippen LogP contribution >= 0.6 is 0 Å². The lowest BCUT2D eigenvalue weighted by Crippen LogP contribution is -2.42. The lowest BCUT2D eigenvalue weighted by atomic mass is 9.71. The molecule has 0 aliphatic heterocycles. The Morgan fingerprint density at radius 1 is 0.810 bits per heavy atom. The van der Waals surface area contributed by atoms with Gasteiger partial charge in [0.1, 0.15) is 0 Å². The summed E-state index contributed by atoms with van der Waals surface area (Å²) in [4.78, 5) is 0. The van der Waals surface area contributed by atoms with E-state index >= 15 is 0 Å². The minimum Gasteiger partial charge on any atom is -0.423 e. The highest BCUT2D eigenvalue weighted by Crippen LogP contribution is 2.37. The molecule has 1 aromatic rings. The van der Waals surface area contributed by atoms with Crippen molar-refractivity contribution < 1.29 is 36.4 Å². The summed E-state index contributed by atoms with van der Waals surface area (Å²) in [5.74, 6) is 0. The summed E-state index contributed by atoms with van der Waals surface area (Å²) in [6.45, 7) is 4.37. The first kappa shape index (κ1) is 17.8. The zero-order chi connectivity index (χ0) is 16.8. The van der Waals surface area contributed by atoms with E-state index in [0.29, 0.717) is 12.1 Å². The molecule has 0 bridgehead atoms. The normalized spacial score (nSPS) is 13.5. The van der Waals surface area contributed by atoms with Crippen LogP contribution in [0.5, 0.6) is 0 Å². The minimum absolute atomic E-state index is 0.202. The SMILES string of the molecule is CC(C)(C)c1cc(C(F)(F)F)c(B(O)O)c(C(F)(F)F)c1. The predicted molar refractivity (Wildman–Crippen MR) is 65.0 cm³/mol. The van der Waals surface area contributed by atoms with Gasteiger partial charge >= 0.3 is 19.5 Å². The van der Waals surface area contributed by atoms with Gasteiger partial charge in [-0.1, -0.05) is 20.8 Å². The summed E-state index contributed by atoms with van der Waals surface area (Å²) >= 11 is 0. The Bertz CT molecular complexity index is 493. The highest BCUT2D eigenvalue weighted by atomic mass is 19.4. The standard InChI is InChI=1S/C12H13BF6O2/c1-10(2,3)6-4-7(11(14,15)16)9(13(20)21)8(5-6)12(17,18)19/h4-5,20-21H,1-3H3. The van der Waals surface area contributed by atoms with Crippen LogP contribution in [0.4, 0.5) is 26.3 Å². The molecule has 0 spiro atoms. The quantitative estimate of drug-likeness (QED) is 0.618. The third kappa shape index (κ3) is 3.91. The van der Waals surface area contributed by atoms with E-state index in [1.165, 1.54) is 20.8 Å². The molecule has 21 heavy (non-hydrogen) atoms. The molecule has 0 aromatic heterocycles. The van der Waals surface area contributed by atoms with Crippen molar-refractivity contribution in [2.45, 2.75) is 38.5 Å². The van der Waals surface area contributed by atoms with Crippen LogP contribution in [-0.4, -0.2) is 17.2 Å². The van der Waals surface area contributed by atoms with Crippen LogP contribution in [0.1, 0.15) is 37.5 Å². The zero-order valence-electron chi connectivity index (χ0n) is 11.4. The Hall–Kier alpha value is -1.22. The highest BCUT2D eigenvalue weighted by Gasteiger charge is 2.45. The molecule has 0 saturated carbocycles. The van der Waals surface area contributed by atoms with E-state index in [1.54, 1.807) is 0 Å². The molecule has 0 atom stereocenters. The van der Waals surface area contributed by atoms with E-state index < -0.39 is 41.5 Å². The van der Waals surface area contributed by atoms with E-state index in [1.807, 2.05) is 0 Å². The zero-order valence-corrected chi connectivity index (χ0v) is 11.4. The van der Waals surface area contributed by atoms with Gasteiger partial charge in [-0.05, 0) is 23.1 Å². The van der Waals surface area contributed by atoms with E-state index in [2.05, 4.69) is 0 Å². The second-order valence-electron chi connectivity index (χ2n) is 5.60. The van der Waals surface area contributed by atoms with Crippen LogP contribution in [-0.2, 0) is 17.8 Å². The average molecular weight is 314 g/mol. The molecule has 1 aromatic carbocycles. The van der Waals surface area contributed by atoms with Crippen molar-refractivity contribution in [1.29, 1.82) is 0 Å². The van der Waals surface area contributed by atoms with E-state index in [-0.39, 0.29) is 5.56 Å². The molecule has 0 fully saturated rings. The maximum Gasteiger partial charge on any atom is 0.489 e. The van der Waals surface area contributed by atoms with Gasteiger partial charge < -0.3 is 10.0 Å². The summed E-state index contributed by atoms with van der Waals surface area (Å²) in [5.41, 5.74) is -6.15. The van der Waals surface area contributed by atoms with Crippen molar-refractivity contribution >= 4 is 12.6 Å². The first-order chi connectivity index (χ1) is 9.15. The fourth-order valence-corrected chi connectivity index (χ4v) is 1.83. The maximum absolute atomic E-state index is 13.0. The van der Waals surface area contributed by atoms with Gasteiger partial charge in [0.15, 0.2) is 0 Å². The Morgan fingerprint density at radius 3 is 1.33 bits per heavy atom. The summed E-state index contributed by atoms with van der Waals surface area (Å²) in [6, 6.07) is 1.04. The first-order valence-electron chi connectivity index (χ1n) is 5.84. The number of rotatable bonds is 1. The van der Waals surface area contributed by atoms with Gasteiger partial charge in [-0.3, -0.25) is 0 Å². The van der Waals surface area contributed by atoms with Crippen LogP contribution in [0.2, 0.25) is 0 Å². The van der Waals surface area contributed by atoms with E-state index in [9.17, 15) is 26.3 Å². The summed E-state index contributed by atoms with van der Waals surface area (Å²) < 4.78 is 77.7. The van der Waals surface area contributed by atoms with Crippen LogP contribution in [0, 0.1) is 0 Å². The Morgan fingerprint density at radius 2 is 1.14 bits per heavy atom. The Balaban J connectivity index is 3.85. The Labute approximate surface area is 117 Å². The third-order valence-corrected chi connectivity index (χ3v) is 2.92. The Kier molecular flexibility index (Phi) is 4.42. The lowest BCUT2D eigenvalue weighted by Gasteiger charge is -2.25. The molecule has 9 heteroatoms. The second-order valence-corrected chi connectivity index (χ2v) is 5.60. The molecule has 0 aliphatic rings. The summed E-state index contributed by atoms with van der Waals surface area (Å²) in [5, 5.41) is 17.9. The highest BCUT2D eigenvalue weighted by molar-refractivity contribution is 6.60. The topological polar surface area (TPSA) is 40.5 Å². The molecule has 0 unspecified atom stereocenters. The molecule has 0 aliphatic carbocycles. The van der Waals surface area contributed by atoms with Crippen molar-refractivity contribution in [2.75, 3.05) is 0 Å². The summed E-state index contributed by atoms with van der Waals surface area (Å²) in [6.07, 6.45) is -10.3. The van der Waals surface area contributed by atoms with Gasteiger partial charge in [0.05, 0.1) is 11.1 Å². The van der Waals surface area contributed by atoms with E-state index in [4.69, 9.17) is 10.0 Å². The predicted octanol–water partition coefficient (Wildman–Crippen LogP) is 2.70. The van der Waals surface area contributed by atoms with Crippen molar-refractivity contribution in [3.05, 3.63) is 28.8 Å². The van der Waals surface area contributed by atoms with Crippen molar-refractivity contribution in [1.82, 2.24) is 0 Å². The number of benzene rings is 1. The molecule has 2 N–H and O–H groups in total. The number of alkyl halides is 6. The average Bonchev–Trinajstić information content (AvgIpc) is 2.23. The summed E-state index contributed by atoms with van der Waals surface area (Å²) in [7, 11) is -2.88. The number of halogens is 6. The molecule has 0 radical (unpaired) electrons. The van der Waals surface area contributed by atoms with Gasteiger partial charge in [-0.15, -0.1) is 0 Å². The molecule has 1 rings (SSSR count). The second kappa shape index (κ2) is 5.21. The fraction of sp³-hybridized carbons (Fsp3) is 0.500. The minimum atomic E-state index is -5.14. The molecule has 0 saturated heterocycles. The van der Waals surface area contributed by atoms with Crippen LogP contribution in [0.25, 0.3) is 0 Å². The smallest absolute Gasteiger partial charge is 0.423 e. The van der Waals surface area contributed by atoms with Gasteiger partial charge in [0.2, 0.25) is 0 Å². The van der Waals surface area contributed by atoms with E-state index in [0.717, 1.165) is 0 Å². The largest absolute Gasteiger partial charge is 0.489 e. The van der Waals surface area contributed by atoms with Gasteiger partial charge in [-0.2, -0.15) is 26.3 Å². The monoisotopic (exact) mass is 314 g/mol. The molecule has 0 amide bonds. The number of hydrogen-bond donors (Lipinski definition) is 2. The van der Waals surface area contributed by atoms with Gasteiger partial charge in [-0.25, -0.2) is 0 Å². The molecular weight excluding hydrogens is 301 g/mol.